The van der Waals surface area contributed by atoms with E-state index in [9.17, 15) is 14.7 Å². The fourth-order valence-corrected chi connectivity index (χ4v) is 3.06. The van der Waals surface area contributed by atoms with E-state index >= 15 is 0 Å². The van der Waals surface area contributed by atoms with E-state index in [1.807, 2.05) is 13.0 Å². The standard InChI is InChI=1S/C19H24O6/c1-11-5-4-6-14(10-21)8-16-17(13(3)19(23)25-16)15(7-11)24-18(22)12(2)9-20/h5,8,15-17,20-21H,2-4,6-7,9-10H2,1H3/b11-5-,14-8?/t15-,16+,17+/m0/s1. The average molecular weight is 348 g/mol. The first-order chi connectivity index (χ1) is 11.9. The molecule has 0 spiro atoms. The van der Waals surface area contributed by atoms with Gasteiger partial charge in [-0.3, -0.25) is 0 Å². The molecule has 136 valence electrons. The smallest absolute Gasteiger partial charge is 0.336 e. The summed E-state index contributed by atoms with van der Waals surface area (Å²) < 4.78 is 10.9. The van der Waals surface area contributed by atoms with Crippen molar-refractivity contribution < 1.29 is 29.3 Å². The lowest BCUT2D eigenvalue weighted by atomic mass is 9.85. The lowest BCUT2D eigenvalue weighted by molar-refractivity contribution is -0.147. The molecule has 1 aliphatic carbocycles. The van der Waals surface area contributed by atoms with Gasteiger partial charge in [0.25, 0.3) is 0 Å². The molecule has 1 heterocycles. The summed E-state index contributed by atoms with van der Waals surface area (Å²) in [4.78, 5) is 24.1. The highest BCUT2D eigenvalue weighted by Crippen LogP contribution is 2.36. The van der Waals surface area contributed by atoms with Gasteiger partial charge in [0.2, 0.25) is 0 Å². The normalized spacial score (nSPS) is 29.0. The molecule has 1 saturated heterocycles. The first-order valence-corrected chi connectivity index (χ1v) is 8.22. The summed E-state index contributed by atoms with van der Waals surface area (Å²) in [5.74, 6) is -1.80. The van der Waals surface area contributed by atoms with E-state index < -0.39 is 36.7 Å². The lowest BCUT2D eigenvalue weighted by Crippen LogP contribution is -2.34. The van der Waals surface area contributed by atoms with E-state index in [1.54, 1.807) is 6.08 Å². The molecule has 6 nitrogen and oxygen atoms in total. The topological polar surface area (TPSA) is 93.1 Å². The van der Waals surface area contributed by atoms with Gasteiger partial charge in [0.05, 0.1) is 24.7 Å². The maximum atomic E-state index is 12.1. The Morgan fingerprint density at radius 2 is 2.16 bits per heavy atom. The fraction of sp³-hybridized carbons (Fsp3) is 0.474. The Balaban J connectivity index is 2.38. The minimum absolute atomic E-state index is 0.0577. The Morgan fingerprint density at radius 1 is 1.44 bits per heavy atom. The van der Waals surface area contributed by atoms with Crippen LogP contribution >= 0.6 is 0 Å². The molecule has 0 saturated carbocycles. The number of fused-ring (bicyclic) bond motifs is 1. The minimum Gasteiger partial charge on any atom is -0.458 e. The molecule has 3 atom stereocenters. The van der Waals surface area contributed by atoms with Crippen LogP contribution in [0.4, 0.5) is 0 Å². The molecule has 0 aromatic carbocycles. The molecule has 1 fully saturated rings. The van der Waals surface area contributed by atoms with Crippen molar-refractivity contribution in [1.29, 1.82) is 0 Å². The molecular formula is C19H24O6. The Morgan fingerprint density at radius 3 is 2.80 bits per heavy atom. The predicted octanol–water partition coefficient (Wildman–Crippen LogP) is 1.59. The first kappa shape index (κ1) is 19.1. The van der Waals surface area contributed by atoms with Crippen molar-refractivity contribution >= 4 is 11.9 Å². The predicted molar refractivity (Wildman–Crippen MR) is 91.4 cm³/mol. The van der Waals surface area contributed by atoms with E-state index in [0.717, 1.165) is 17.6 Å². The van der Waals surface area contributed by atoms with Crippen LogP contribution in [0.3, 0.4) is 0 Å². The third kappa shape index (κ3) is 4.46. The van der Waals surface area contributed by atoms with Crippen LogP contribution in [0.25, 0.3) is 0 Å². The van der Waals surface area contributed by atoms with Crippen molar-refractivity contribution in [3.63, 3.8) is 0 Å². The summed E-state index contributed by atoms with van der Waals surface area (Å²) in [5, 5.41) is 18.6. The number of rotatable bonds is 4. The summed E-state index contributed by atoms with van der Waals surface area (Å²) in [6, 6.07) is 0. The van der Waals surface area contributed by atoms with Crippen LogP contribution in [0.1, 0.15) is 26.2 Å². The van der Waals surface area contributed by atoms with Gasteiger partial charge in [0, 0.05) is 12.0 Å². The molecule has 0 aromatic rings. The fourth-order valence-electron chi connectivity index (χ4n) is 3.06. The molecule has 6 heteroatoms. The molecule has 1 aliphatic heterocycles. The van der Waals surface area contributed by atoms with Gasteiger partial charge in [0.15, 0.2) is 0 Å². The second-order valence-electron chi connectivity index (χ2n) is 6.40. The van der Waals surface area contributed by atoms with Crippen molar-refractivity contribution in [2.24, 2.45) is 5.92 Å². The van der Waals surface area contributed by atoms with Gasteiger partial charge in [-0.05, 0) is 31.4 Å². The van der Waals surface area contributed by atoms with Crippen molar-refractivity contribution in [2.45, 2.75) is 38.4 Å². The minimum atomic E-state index is -0.713. The monoisotopic (exact) mass is 348 g/mol. The van der Waals surface area contributed by atoms with Crippen LogP contribution in [0.2, 0.25) is 0 Å². The lowest BCUT2D eigenvalue weighted by Gasteiger charge is -2.27. The highest BCUT2D eigenvalue weighted by atomic mass is 16.6. The molecular weight excluding hydrogens is 324 g/mol. The summed E-state index contributed by atoms with van der Waals surface area (Å²) in [6.45, 7) is 8.55. The molecule has 0 unspecified atom stereocenters. The number of ether oxygens (including phenoxy) is 2. The highest BCUT2D eigenvalue weighted by Gasteiger charge is 2.44. The van der Waals surface area contributed by atoms with Gasteiger partial charge in [-0.1, -0.05) is 24.8 Å². The van der Waals surface area contributed by atoms with Gasteiger partial charge >= 0.3 is 11.9 Å². The first-order valence-electron chi connectivity index (χ1n) is 8.22. The zero-order chi connectivity index (χ0) is 18.6. The average Bonchev–Trinajstić information content (AvgIpc) is 2.86. The van der Waals surface area contributed by atoms with Crippen LogP contribution in [-0.2, 0) is 19.1 Å². The number of aliphatic hydroxyl groups is 2. The molecule has 2 aliphatic rings. The Bertz CT molecular complexity index is 642. The van der Waals surface area contributed by atoms with Gasteiger partial charge < -0.3 is 19.7 Å². The molecule has 0 bridgehead atoms. The van der Waals surface area contributed by atoms with E-state index in [4.69, 9.17) is 14.6 Å². The summed E-state index contributed by atoms with van der Waals surface area (Å²) in [6.07, 6.45) is 4.23. The Labute approximate surface area is 147 Å². The van der Waals surface area contributed by atoms with E-state index in [1.165, 1.54) is 0 Å². The second kappa shape index (κ2) is 8.27. The number of allylic oxidation sites excluding steroid dienone is 1. The third-order valence-electron chi connectivity index (χ3n) is 4.48. The van der Waals surface area contributed by atoms with E-state index in [-0.39, 0.29) is 17.8 Å². The second-order valence-corrected chi connectivity index (χ2v) is 6.40. The van der Waals surface area contributed by atoms with Crippen LogP contribution < -0.4 is 0 Å². The summed E-state index contributed by atoms with van der Waals surface area (Å²) in [5.41, 5.74) is 1.93. The van der Waals surface area contributed by atoms with Crippen LogP contribution in [-0.4, -0.2) is 47.6 Å². The number of esters is 2. The molecule has 0 amide bonds. The van der Waals surface area contributed by atoms with Crippen molar-refractivity contribution in [3.8, 4) is 0 Å². The quantitative estimate of drug-likeness (QED) is 0.455. The molecule has 2 rings (SSSR count). The highest BCUT2D eigenvalue weighted by molar-refractivity contribution is 5.92. The van der Waals surface area contributed by atoms with Crippen LogP contribution in [0.15, 0.2) is 47.6 Å². The SMILES string of the molecule is C=C(CO)C(=O)O[C@H]1C/C(C)=C\CCC(CO)=C[C@H]2OC(=O)C(=C)[C@H]12. The van der Waals surface area contributed by atoms with E-state index in [2.05, 4.69) is 13.2 Å². The number of carbonyl (C=O) groups excluding carboxylic acids is 2. The number of hydrogen-bond donors (Lipinski definition) is 2. The van der Waals surface area contributed by atoms with Crippen molar-refractivity contribution in [3.05, 3.63) is 47.6 Å². The van der Waals surface area contributed by atoms with Gasteiger partial charge in [-0.2, -0.15) is 0 Å². The number of aliphatic hydroxyl groups excluding tert-OH is 2. The largest absolute Gasteiger partial charge is 0.458 e. The zero-order valence-corrected chi connectivity index (χ0v) is 14.4. The summed E-state index contributed by atoms with van der Waals surface area (Å²) in [7, 11) is 0. The maximum absolute atomic E-state index is 12.1. The number of carbonyl (C=O) groups is 2. The van der Waals surface area contributed by atoms with Crippen molar-refractivity contribution in [1.82, 2.24) is 0 Å². The Hall–Kier alpha value is -2.18. The molecule has 0 aromatic heterocycles. The van der Waals surface area contributed by atoms with Crippen LogP contribution in [0, 0.1) is 5.92 Å². The maximum Gasteiger partial charge on any atom is 0.336 e. The van der Waals surface area contributed by atoms with Gasteiger partial charge in [0.1, 0.15) is 12.2 Å². The van der Waals surface area contributed by atoms with Crippen LogP contribution in [0.5, 0.6) is 0 Å². The van der Waals surface area contributed by atoms with Gasteiger partial charge in [-0.15, -0.1) is 0 Å². The zero-order valence-electron chi connectivity index (χ0n) is 14.4. The molecule has 2 N–H and O–H groups in total. The molecule has 25 heavy (non-hydrogen) atoms. The van der Waals surface area contributed by atoms with Crippen molar-refractivity contribution in [2.75, 3.05) is 13.2 Å². The Kier molecular flexibility index (Phi) is 6.33. The summed E-state index contributed by atoms with van der Waals surface area (Å²) >= 11 is 0. The van der Waals surface area contributed by atoms with Gasteiger partial charge in [-0.25, -0.2) is 9.59 Å². The third-order valence-corrected chi connectivity index (χ3v) is 4.48. The molecule has 0 radical (unpaired) electrons. The van der Waals surface area contributed by atoms with E-state index in [0.29, 0.717) is 12.8 Å². The number of hydrogen-bond acceptors (Lipinski definition) is 6.